The summed E-state index contributed by atoms with van der Waals surface area (Å²) in [6, 6.07) is 7.32. The Morgan fingerprint density at radius 2 is 2.10 bits per heavy atom. The molecule has 156 valence electrons. The predicted molar refractivity (Wildman–Crippen MR) is 111 cm³/mol. The molecule has 2 aliphatic heterocycles. The lowest BCUT2D eigenvalue weighted by Crippen LogP contribution is -2.50. The second kappa shape index (κ2) is 8.27. The number of fused-ring (bicyclic) bond motifs is 1. The van der Waals surface area contributed by atoms with Crippen molar-refractivity contribution in [1.82, 2.24) is 19.6 Å². The number of aryl methyl sites for hydroxylation is 1. The van der Waals surface area contributed by atoms with E-state index >= 15 is 0 Å². The molecule has 2 aromatic rings. The second-order valence-corrected chi connectivity index (χ2v) is 8.59. The van der Waals surface area contributed by atoms with Crippen molar-refractivity contribution in [3.63, 3.8) is 0 Å². The second-order valence-electron chi connectivity index (χ2n) is 8.59. The summed E-state index contributed by atoms with van der Waals surface area (Å²) < 4.78 is 15.9. The van der Waals surface area contributed by atoms with Crippen molar-refractivity contribution in [3.05, 3.63) is 53.1 Å². The molecule has 4 rings (SSSR count). The first-order chi connectivity index (χ1) is 14.0. The minimum Gasteiger partial charge on any atom is -0.338 e. The molecule has 0 bridgehead atoms. The van der Waals surface area contributed by atoms with E-state index in [2.05, 4.69) is 21.8 Å². The van der Waals surface area contributed by atoms with Gasteiger partial charge in [0.2, 0.25) is 5.91 Å². The maximum absolute atomic E-state index is 14.0. The molecule has 6 heteroatoms. The summed E-state index contributed by atoms with van der Waals surface area (Å²) in [4.78, 5) is 17.2. The molecule has 0 saturated carbocycles. The number of carbonyl (C=O) groups excluding carboxylic acids is 1. The zero-order valence-corrected chi connectivity index (χ0v) is 17.6. The quantitative estimate of drug-likeness (QED) is 0.793. The minimum absolute atomic E-state index is 0.0894. The van der Waals surface area contributed by atoms with Gasteiger partial charge in [-0.2, -0.15) is 5.10 Å². The fourth-order valence-corrected chi connectivity index (χ4v) is 5.23. The highest BCUT2D eigenvalue weighted by Gasteiger charge is 2.46. The van der Waals surface area contributed by atoms with Gasteiger partial charge in [-0.3, -0.25) is 14.4 Å². The van der Waals surface area contributed by atoms with Gasteiger partial charge in [-0.05, 0) is 37.5 Å². The Labute approximate surface area is 172 Å². The third kappa shape index (κ3) is 3.95. The number of amides is 1. The van der Waals surface area contributed by atoms with Crippen LogP contribution in [0, 0.1) is 12.7 Å². The Morgan fingerprint density at radius 3 is 2.79 bits per heavy atom. The minimum atomic E-state index is -0.208. The van der Waals surface area contributed by atoms with E-state index in [9.17, 15) is 9.18 Å². The molecule has 5 nitrogen and oxygen atoms in total. The maximum atomic E-state index is 14.0. The van der Waals surface area contributed by atoms with E-state index in [0.717, 1.165) is 44.5 Å². The molecule has 0 unspecified atom stereocenters. The smallest absolute Gasteiger partial charge is 0.219 e. The summed E-state index contributed by atoms with van der Waals surface area (Å²) in [7, 11) is 1.97. The SMILES string of the molecule is CC(=O)N1CCCCC[C@@H]2[C@@H]1[C@H](c1cccc(F)c1)CN2Cc1cnn(C)c1C. The van der Waals surface area contributed by atoms with Crippen molar-refractivity contribution in [2.45, 2.75) is 64.1 Å². The number of nitrogens with zero attached hydrogens (tertiary/aromatic N) is 4. The Morgan fingerprint density at radius 1 is 1.28 bits per heavy atom. The lowest BCUT2D eigenvalue weighted by molar-refractivity contribution is -0.132. The van der Waals surface area contributed by atoms with Crippen LogP contribution < -0.4 is 0 Å². The first-order valence-corrected chi connectivity index (χ1v) is 10.7. The number of hydrogen-bond donors (Lipinski definition) is 0. The van der Waals surface area contributed by atoms with Crippen molar-refractivity contribution >= 4 is 5.91 Å². The van der Waals surface area contributed by atoms with Gasteiger partial charge in [0, 0.05) is 56.8 Å². The number of carbonyl (C=O) groups is 1. The fourth-order valence-electron chi connectivity index (χ4n) is 5.23. The molecule has 1 amide bonds. The van der Waals surface area contributed by atoms with Gasteiger partial charge in [-0.15, -0.1) is 0 Å². The van der Waals surface area contributed by atoms with E-state index < -0.39 is 0 Å². The van der Waals surface area contributed by atoms with Gasteiger partial charge in [0.1, 0.15) is 5.82 Å². The number of rotatable bonds is 3. The van der Waals surface area contributed by atoms with Crippen LogP contribution in [0.2, 0.25) is 0 Å². The molecule has 2 saturated heterocycles. The van der Waals surface area contributed by atoms with Gasteiger partial charge in [-0.1, -0.05) is 25.0 Å². The molecule has 2 fully saturated rings. The van der Waals surface area contributed by atoms with E-state index in [-0.39, 0.29) is 29.7 Å². The van der Waals surface area contributed by atoms with Gasteiger partial charge >= 0.3 is 0 Å². The van der Waals surface area contributed by atoms with E-state index in [4.69, 9.17) is 0 Å². The van der Waals surface area contributed by atoms with Crippen molar-refractivity contribution in [1.29, 1.82) is 0 Å². The summed E-state index contributed by atoms with van der Waals surface area (Å²) in [5.41, 5.74) is 3.39. The average molecular weight is 399 g/mol. The molecule has 3 heterocycles. The third-order valence-corrected chi connectivity index (χ3v) is 6.86. The first kappa shape index (κ1) is 20.1. The van der Waals surface area contributed by atoms with Crippen LogP contribution in [0.4, 0.5) is 4.39 Å². The summed E-state index contributed by atoms with van der Waals surface area (Å²) >= 11 is 0. The topological polar surface area (TPSA) is 41.4 Å². The molecule has 0 aliphatic carbocycles. The highest BCUT2D eigenvalue weighted by Crippen LogP contribution is 2.40. The van der Waals surface area contributed by atoms with Crippen LogP contribution in [-0.4, -0.2) is 50.7 Å². The zero-order valence-electron chi connectivity index (χ0n) is 17.6. The summed E-state index contributed by atoms with van der Waals surface area (Å²) in [6.07, 6.45) is 6.38. The standard InChI is InChI=1S/C23H31FN4O/c1-16-19(13-25-26(16)3)14-27-15-21(18-8-7-9-20(24)12-18)23-22(27)10-5-4-6-11-28(23)17(2)29/h7-9,12-13,21-23H,4-6,10-11,14-15H2,1-3H3/t21-,22+,23-/m0/s1. The monoisotopic (exact) mass is 398 g/mol. The van der Waals surface area contributed by atoms with Crippen molar-refractivity contribution in [3.8, 4) is 0 Å². The van der Waals surface area contributed by atoms with Crippen LogP contribution >= 0.6 is 0 Å². The fraction of sp³-hybridized carbons (Fsp3) is 0.565. The predicted octanol–water partition coefficient (Wildman–Crippen LogP) is 3.63. The van der Waals surface area contributed by atoms with Gasteiger partial charge in [0.05, 0.1) is 12.2 Å². The Bertz CT molecular complexity index is 880. The molecule has 29 heavy (non-hydrogen) atoms. The van der Waals surface area contributed by atoms with Gasteiger partial charge in [-0.25, -0.2) is 4.39 Å². The number of likely N-dealkylation sites (tertiary alicyclic amines) is 2. The van der Waals surface area contributed by atoms with Gasteiger partial charge < -0.3 is 4.90 Å². The van der Waals surface area contributed by atoms with E-state index in [1.54, 1.807) is 19.1 Å². The number of halogens is 1. The highest BCUT2D eigenvalue weighted by molar-refractivity contribution is 5.74. The summed E-state index contributed by atoms with van der Waals surface area (Å²) in [6.45, 7) is 6.21. The highest BCUT2D eigenvalue weighted by atomic mass is 19.1. The van der Waals surface area contributed by atoms with Crippen LogP contribution in [0.15, 0.2) is 30.5 Å². The number of aromatic nitrogens is 2. The maximum Gasteiger partial charge on any atom is 0.219 e. The van der Waals surface area contributed by atoms with E-state index in [1.807, 2.05) is 24.0 Å². The molecule has 3 atom stereocenters. The van der Waals surface area contributed by atoms with Gasteiger partial charge in [0.25, 0.3) is 0 Å². The van der Waals surface area contributed by atoms with E-state index in [1.165, 1.54) is 23.7 Å². The number of benzene rings is 1. The molecule has 1 aromatic heterocycles. The largest absolute Gasteiger partial charge is 0.338 e. The van der Waals surface area contributed by atoms with Crippen LogP contribution in [0.1, 0.15) is 55.3 Å². The molecule has 1 aromatic carbocycles. The molecule has 0 N–H and O–H groups in total. The average Bonchev–Trinajstić information content (AvgIpc) is 3.16. The normalized spacial score (nSPS) is 25.5. The molecular formula is C23H31FN4O. The zero-order chi connectivity index (χ0) is 20.5. The Kier molecular flexibility index (Phi) is 5.72. The Hall–Kier alpha value is -2.21. The Balaban J connectivity index is 1.71. The molecule has 2 aliphatic rings. The van der Waals surface area contributed by atoms with Crippen molar-refractivity contribution < 1.29 is 9.18 Å². The lowest BCUT2D eigenvalue weighted by atomic mass is 9.86. The van der Waals surface area contributed by atoms with Crippen LogP contribution in [0.3, 0.4) is 0 Å². The van der Waals surface area contributed by atoms with E-state index in [0.29, 0.717) is 0 Å². The lowest BCUT2D eigenvalue weighted by Gasteiger charge is -2.39. The van der Waals surface area contributed by atoms with Crippen LogP contribution in [0.25, 0.3) is 0 Å². The van der Waals surface area contributed by atoms with Crippen LogP contribution in [0.5, 0.6) is 0 Å². The molecular weight excluding hydrogens is 367 g/mol. The molecule has 0 radical (unpaired) electrons. The summed E-state index contributed by atoms with van der Waals surface area (Å²) in [5.74, 6) is 0.0400. The number of hydrogen-bond acceptors (Lipinski definition) is 3. The van der Waals surface area contributed by atoms with Crippen LogP contribution in [-0.2, 0) is 18.4 Å². The third-order valence-electron chi connectivity index (χ3n) is 6.86. The van der Waals surface area contributed by atoms with Crippen molar-refractivity contribution in [2.75, 3.05) is 13.1 Å². The first-order valence-electron chi connectivity index (χ1n) is 10.7. The van der Waals surface area contributed by atoms with Crippen molar-refractivity contribution in [2.24, 2.45) is 7.05 Å². The summed E-state index contributed by atoms with van der Waals surface area (Å²) in [5, 5.41) is 4.40. The molecule has 0 spiro atoms. The van der Waals surface area contributed by atoms with Gasteiger partial charge in [0.15, 0.2) is 0 Å².